The first-order valence-corrected chi connectivity index (χ1v) is 9.18. The quantitative estimate of drug-likeness (QED) is 0.919. The molecule has 1 atom stereocenters. The Bertz CT molecular complexity index is 737. The molecule has 0 radical (unpaired) electrons. The molecule has 0 amide bonds. The van der Waals surface area contributed by atoms with Crippen molar-refractivity contribution in [2.24, 2.45) is 0 Å². The summed E-state index contributed by atoms with van der Waals surface area (Å²) in [5.41, 5.74) is 1.14. The lowest BCUT2D eigenvalue weighted by molar-refractivity contribution is -0.137. The third-order valence-electron chi connectivity index (χ3n) is 4.95. The molecule has 2 aromatic rings. The lowest BCUT2D eigenvalue weighted by Crippen LogP contribution is -2.20. The monoisotopic (exact) mass is 332 g/mol. The molecule has 1 N–H and O–H groups in total. The van der Waals surface area contributed by atoms with E-state index in [1.165, 1.54) is 24.1 Å². The Hall–Kier alpha value is -1.69. The number of rotatable bonds is 4. The van der Waals surface area contributed by atoms with Crippen molar-refractivity contribution < 1.29 is 14.6 Å². The summed E-state index contributed by atoms with van der Waals surface area (Å²) >= 11 is 1.67. The summed E-state index contributed by atoms with van der Waals surface area (Å²) < 4.78 is 6.21. The van der Waals surface area contributed by atoms with Gasteiger partial charge >= 0.3 is 5.97 Å². The molecule has 23 heavy (non-hydrogen) atoms. The predicted octanol–water partition coefficient (Wildman–Crippen LogP) is 3.91. The normalized spacial score (nSPS) is 21.5. The molecule has 2 aliphatic carbocycles. The van der Waals surface area contributed by atoms with Crippen LogP contribution < -0.4 is 4.74 Å². The van der Waals surface area contributed by atoms with Crippen molar-refractivity contribution in [2.75, 3.05) is 0 Å². The van der Waals surface area contributed by atoms with Crippen LogP contribution >= 0.6 is 11.3 Å². The molecule has 2 aromatic heterocycles. The molecule has 0 bridgehead atoms. The number of aromatic nitrogens is 2. The van der Waals surface area contributed by atoms with Crippen LogP contribution in [0.25, 0.3) is 10.2 Å². The third-order valence-corrected chi connectivity index (χ3v) is 6.12. The second-order valence-electron chi connectivity index (χ2n) is 6.51. The number of aliphatic carboxylic acids is 1. The number of ether oxygens (including phenoxy) is 1. The van der Waals surface area contributed by atoms with Crippen molar-refractivity contribution in [3.8, 4) is 5.88 Å². The minimum absolute atomic E-state index is 0.0657. The van der Waals surface area contributed by atoms with Gasteiger partial charge in [0.25, 0.3) is 0 Å². The van der Waals surface area contributed by atoms with E-state index in [-0.39, 0.29) is 18.4 Å². The summed E-state index contributed by atoms with van der Waals surface area (Å²) in [5, 5.41) is 10.2. The SMILES string of the molecule is O=C(O)CC1CCc2sc3ncnc(OC4CCCCC4)c3c21. The Morgan fingerprint density at radius 2 is 2.09 bits per heavy atom. The maximum absolute atomic E-state index is 11.2. The number of carbonyl (C=O) groups is 1. The number of thiophene rings is 1. The minimum atomic E-state index is -0.742. The van der Waals surface area contributed by atoms with Crippen LogP contribution in [0.3, 0.4) is 0 Å². The van der Waals surface area contributed by atoms with E-state index in [2.05, 4.69) is 9.97 Å². The van der Waals surface area contributed by atoms with E-state index in [4.69, 9.17) is 4.74 Å². The highest BCUT2D eigenvalue weighted by Crippen LogP contribution is 2.47. The maximum Gasteiger partial charge on any atom is 0.303 e. The van der Waals surface area contributed by atoms with Gasteiger partial charge in [0.2, 0.25) is 5.88 Å². The zero-order valence-corrected chi connectivity index (χ0v) is 13.8. The highest BCUT2D eigenvalue weighted by molar-refractivity contribution is 7.19. The number of aryl methyl sites for hydroxylation is 1. The van der Waals surface area contributed by atoms with Gasteiger partial charge in [-0.1, -0.05) is 6.42 Å². The van der Waals surface area contributed by atoms with Gasteiger partial charge in [0, 0.05) is 4.88 Å². The number of fused-ring (bicyclic) bond motifs is 3. The van der Waals surface area contributed by atoms with E-state index in [0.717, 1.165) is 41.5 Å². The van der Waals surface area contributed by atoms with Crippen LogP contribution in [-0.4, -0.2) is 27.1 Å². The van der Waals surface area contributed by atoms with Crippen LogP contribution in [0.5, 0.6) is 5.88 Å². The number of carboxylic acids is 1. The molecule has 4 rings (SSSR count). The molecule has 0 aliphatic heterocycles. The van der Waals surface area contributed by atoms with Gasteiger partial charge in [-0.05, 0) is 50.0 Å². The Balaban J connectivity index is 1.72. The average Bonchev–Trinajstić information content (AvgIpc) is 3.08. The first-order valence-electron chi connectivity index (χ1n) is 8.37. The molecule has 0 spiro atoms. The van der Waals surface area contributed by atoms with Crippen molar-refractivity contribution in [1.29, 1.82) is 0 Å². The topological polar surface area (TPSA) is 72.3 Å². The molecule has 1 saturated carbocycles. The smallest absolute Gasteiger partial charge is 0.303 e. The summed E-state index contributed by atoms with van der Waals surface area (Å²) in [7, 11) is 0. The van der Waals surface area contributed by atoms with Crippen LogP contribution in [-0.2, 0) is 11.2 Å². The Morgan fingerprint density at radius 1 is 1.26 bits per heavy atom. The molecule has 1 fully saturated rings. The largest absolute Gasteiger partial charge is 0.481 e. The predicted molar refractivity (Wildman–Crippen MR) is 88.2 cm³/mol. The minimum Gasteiger partial charge on any atom is -0.481 e. The van der Waals surface area contributed by atoms with E-state index in [1.807, 2.05) is 0 Å². The molecule has 5 nitrogen and oxygen atoms in total. The van der Waals surface area contributed by atoms with Gasteiger partial charge in [-0.3, -0.25) is 4.79 Å². The molecule has 1 unspecified atom stereocenters. The average molecular weight is 332 g/mol. The fourth-order valence-electron chi connectivity index (χ4n) is 3.89. The number of hydrogen-bond donors (Lipinski definition) is 1. The van der Waals surface area contributed by atoms with Crippen LogP contribution in [0.1, 0.15) is 61.3 Å². The first kappa shape index (κ1) is 14.9. The highest BCUT2D eigenvalue weighted by Gasteiger charge is 2.32. The van der Waals surface area contributed by atoms with Gasteiger partial charge < -0.3 is 9.84 Å². The molecular weight excluding hydrogens is 312 g/mol. The highest BCUT2D eigenvalue weighted by atomic mass is 32.1. The van der Waals surface area contributed by atoms with E-state index in [0.29, 0.717) is 5.88 Å². The van der Waals surface area contributed by atoms with Crippen molar-refractivity contribution >= 4 is 27.5 Å². The van der Waals surface area contributed by atoms with Crippen molar-refractivity contribution in [3.05, 3.63) is 16.8 Å². The first-order chi connectivity index (χ1) is 11.2. The fraction of sp³-hybridized carbons (Fsp3) is 0.588. The number of carboxylic acid groups (broad SMARTS) is 1. The summed E-state index contributed by atoms with van der Waals surface area (Å²) in [6, 6.07) is 0. The van der Waals surface area contributed by atoms with Crippen molar-refractivity contribution in [3.63, 3.8) is 0 Å². The van der Waals surface area contributed by atoms with E-state index >= 15 is 0 Å². The van der Waals surface area contributed by atoms with Crippen molar-refractivity contribution in [1.82, 2.24) is 9.97 Å². The molecule has 2 heterocycles. The molecule has 0 aromatic carbocycles. The third kappa shape index (κ3) is 2.80. The molecule has 122 valence electrons. The van der Waals surface area contributed by atoms with E-state index in [9.17, 15) is 9.90 Å². The maximum atomic E-state index is 11.2. The zero-order chi connectivity index (χ0) is 15.8. The fourth-order valence-corrected chi connectivity index (χ4v) is 5.12. The second-order valence-corrected chi connectivity index (χ2v) is 7.59. The van der Waals surface area contributed by atoms with Gasteiger partial charge in [-0.15, -0.1) is 11.3 Å². The number of nitrogens with zero attached hydrogens (tertiary/aromatic N) is 2. The molecule has 2 aliphatic rings. The lowest BCUT2D eigenvalue weighted by Gasteiger charge is -2.23. The molecular formula is C17H20N2O3S. The Morgan fingerprint density at radius 3 is 2.87 bits per heavy atom. The Kier molecular flexibility index (Phi) is 3.93. The standard InChI is InChI=1S/C17H20N2O3S/c20-13(21)8-10-6-7-12-14(10)15-16(18-9-19-17(15)23-12)22-11-4-2-1-3-5-11/h9-11H,1-8H2,(H,20,21). The summed E-state index contributed by atoms with van der Waals surface area (Å²) in [6.07, 6.45) is 9.69. The second kappa shape index (κ2) is 6.07. The van der Waals surface area contributed by atoms with Gasteiger partial charge in [-0.25, -0.2) is 9.97 Å². The van der Waals surface area contributed by atoms with Crippen LogP contribution in [0, 0.1) is 0 Å². The van der Waals surface area contributed by atoms with Crippen LogP contribution in [0.15, 0.2) is 6.33 Å². The summed E-state index contributed by atoms with van der Waals surface area (Å²) in [6.45, 7) is 0. The number of hydrogen-bond acceptors (Lipinski definition) is 5. The Labute approximate surface area is 138 Å². The van der Waals surface area contributed by atoms with Gasteiger partial charge in [0.15, 0.2) is 0 Å². The van der Waals surface area contributed by atoms with Crippen LogP contribution in [0.2, 0.25) is 0 Å². The van der Waals surface area contributed by atoms with Gasteiger partial charge in [0.05, 0.1) is 11.8 Å². The lowest BCUT2D eigenvalue weighted by atomic mass is 9.97. The molecule has 0 saturated heterocycles. The van der Waals surface area contributed by atoms with Gasteiger partial charge in [0.1, 0.15) is 17.3 Å². The van der Waals surface area contributed by atoms with Crippen LogP contribution in [0.4, 0.5) is 0 Å². The van der Waals surface area contributed by atoms with Crippen molar-refractivity contribution in [2.45, 2.75) is 63.4 Å². The molecule has 6 heteroatoms. The zero-order valence-electron chi connectivity index (χ0n) is 13.0. The van der Waals surface area contributed by atoms with E-state index < -0.39 is 5.97 Å². The van der Waals surface area contributed by atoms with Gasteiger partial charge in [-0.2, -0.15) is 0 Å². The summed E-state index contributed by atoms with van der Waals surface area (Å²) in [4.78, 5) is 22.1. The summed E-state index contributed by atoms with van der Waals surface area (Å²) in [5.74, 6) is -0.0126. The van der Waals surface area contributed by atoms with E-state index in [1.54, 1.807) is 17.7 Å².